The fourth-order valence-corrected chi connectivity index (χ4v) is 8.07. The summed E-state index contributed by atoms with van der Waals surface area (Å²) in [7, 11) is 0. The monoisotopic (exact) mass is 938 g/mol. The molecule has 0 bridgehead atoms. The van der Waals surface area contributed by atoms with Crippen molar-refractivity contribution in [1.29, 1.82) is 0 Å². The van der Waals surface area contributed by atoms with Crippen molar-refractivity contribution < 1.29 is 66.7 Å². The third kappa shape index (κ3) is 17.3. The van der Waals surface area contributed by atoms with E-state index >= 15 is 0 Å². The van der Waals surface area contributed by atoms with Crippen LogP contribution in [0.4, 0.5) is 0 Å². The van der Waals surface area contributed by atoms with Gasteiger partial charge in [0.1, 0.15) is 34.5 Å². The molecule has 2 aliphatic carbocycles. The van der Waals surface area contributed by atoms with Gasteiger partial charge in [-0.25, -0.2) is 9.59 Å². The predicted molar refractivity (Wildman–Crippen MR) is 252 cm³/mol. The van der Waals surface area contributed by atoms with Crippen LogP contribution in [0.15, 0.2) is 86.0 Å². The van der Waals surface area contributed by atoms with E-state index in [1.807, 2.05) is 13.8 Å². The molecule has 14 nitrogen and oxygen atoms in total. The normalized spacial score (nSPS) is 17.7. The highest BCUT2D eigenvalue weighted by Crippen LogP contribution is 2.36. The van der Waals surface area contributed by atoms with Crippen molar-refractivity contribution in [3.05, 3.63) is 97.1 Å². The van der Waals surface area contributed by atoms with E-state index in [4.69, 9.17) is 37.9 Å². The first kappa shape index (κ1) is 52.5. The number of ether oxygens (including phenoxy) is 8. The van der Waals surface area contributed by atoms with Crippen LogP contribution in [0.3, 0.4) is 0 Å². The van der Waals surface area contributed by atoms with Gasteiger partial charge in [-0.2, -0.15) is 0 Å². The van der Waals surface area contributed by atoms with Gasteiger partial charge in [0.25, 0.3) is 0 Å². The minimum Gasteiger partial charge on any atom is -0.494 e. The molecule has 0 unspecified atom stereocenters. The van der Waals surface area contributed by atoms with Crippen molar-refractivity contribution in [2.24, 2.45) is 23.7 Å². The zero-order chi connectivity index (χ0) is 48.7. The van der Waals surface area contributed by atoms with Crippen molar-refractivity contribution in [2.75, 3.05) is 26.4 Å². The van der Waals surface area contributed by atoms with E-state index in [9.17, 15) is 28.8 Å². The van der Waals surface area contributed by atoms with E-state index in [1.54, 1.807) is 60.7 Å². The van der Waals surface area contributed by atoms with E-state index in [2.05, 4.69) is 13.2 Å². The molecule has 0 aromatic heterocycles. The molecular weight excluding hydrogens is 873 g/mol. The summed E-state index contributed by atoms with van der Waals surface area (Å²) in [5.41, 5.74) is 1.36. The van der Waals surface area contributed by atoms with Gasteiger partial charge >= 0.3 is 35.8 Å². The Bertz CT molecular complexity index is 1990. The molecule has 3 aromatic carbocycles. The zero-order valence-corrected chi connectivity index (χ0v) is 39.5. The summed E-state index contributed by atoms with van der Waals surface area (Å²) in [6.07, 6.45) is 13.3. The van der Waals surface area contributed by atoms with Crippen molar-refractivity contribution in [3.8, 4) is 34.5 Å². The fraction of sp³-hybridized carbons (Fsp3) is 0.481. The standard InChI is InChI=1S/C54H66O14/c1-5-49(55)63-35-13-9-7-11-33-61-43-23-27-45(28-24-43)65-51(57)39-15-19-41(20-16-39)53(59)67-47-31-32-48(38(4)37(47)3)68-54(60)42-21-17-40(18-22-42)52(58)66-46-29-25-44(26-30-46)62-34-12-8-10-14-36-64-50(56)6-2/h5-6,23-32,39-42H,1-2,7-22,33-36H2,3-4H3. The molecule has 2 fully saturated rings. The van der Waals surface area contributed by atoms with E-state index in [-0.39, 0.29) is 47.5 Å². The van der Waals surface area contributed by atoms with E-state index in [0.29, 0.717) is 123 Å². The van der Waals surface area contributed by atoms with Crippen molar-refractivity contribution in [2.45, 2.75) is 117 Å². The lowest BCUT2D eigenvalue weighted by molar-refractivity contribution is -0.145. The molecule has 3 aromatic rings. The Hall–Kier alpha value is -6.44. The Morgan fingerprint density at radius 1 is 0.412 bits per heavy atom. The quantitative estimate of drug-likeness (QED) is 0.0321. The second kappa shape index (κ2) is 28.0. The van der Waals surface area contributed by atoms with Crippen molar-refractivity contribution in [1.82, 2.24) is 0 Å². The molecule has 0 heterocycles. The SMILES string of the molecule is C=CC(=O)OCCCCCCOc1ccc(OC(=O)C2CCC(C(=O)Oc3ccc(OC(=O)C4CCC(C(=O)Oc5ccc(OCCCCCCOC(=O)C=C)cc5)CC4)c(C)c3C)CC2)cc1. The van der Waals surface area contributed by atoms with Crippen molar-refractivity contribution in [3.63, 3.8) is 0 Å². The van der Waals surface area contributed by atoms with Gasteiger partial charge in [-0.1, -0.05) is 13.2 Å². The second-order valence-electron chi connectivity index (χ2n) is 17.3. The van der Waals surface area contributed by atoms with E-state index in [1.165, 1.54) is 0 Å². The largest absolute Gasteiger partial charge is 0.494 e. The first-order valence-electron chi connectivity index (χ1n) is 23.9. The van der Waals surface area contributed by atoms with Crippen LogP contribution in [0.25, 0.3) is 0 Å². The van der Waals surface area contributed by atoms with Gasteiger partial charge in [0.15, 0.2) is 0 Å². The molecular formula is C54H66O14. The lowest BCUT2D eigenvalue weighted by atomic mass is 9.82. The molecule has 0 radical (unpaired) electrons. The van der Waals surface area contributed by atoms with E-state index in [0.717, 1.165) is 63.5 Å². The number of hydrogen-bond donors (Lipinski definition) is 0. The molecule has 2 aliphatic rings. The minimum atomic E-state index is -0.408. The number of rotatable bonds is 26. The molecule has 68 heavy (non-hydrogen) atoms. The molecule has 0 aliphatic heterocycles. The maximum Gasteiger partial charge on any atom is 0.330 e. The van der Waals surface area contributed by atoms with Crippen LogP contribution < -0.4 is 28.4 Å². The minimum absolute atomic E-state index is 0.329. The molecule has 0 saturated heterocycles. The Morgan fingerprint density at radius 2 is 0.691 bits per heavy atom. The lowest BCUT2D eigenvalue weighted by Crippen LogP contribution is -2.30. The van der Waals surface area contributed by atoms with Gasteiger partial charge in [-0.3, -0.25) is 19.2 Å². The third-order valence-electron chi connectivity index (χ3n) is 12.4. The average Bonchev–Trinajstić information content (AvgIpc) is 3.36. The average molecular weight is 939 g/mol. The highest BCUT2D eigenvalue weighted by atomic mass is 16.6. The molecule has 2 saturated carbocycles. The van der Waals surface area contributed by atoms with Crippen LogP contribution in [0, 0.1) is 37.5 Å². The van der Waals surface area contributed by atoms with Gasteiger partial charge in [-0.05, 0) is 188 Å². The topological polar surface area (TPSA) is 176 Å². The first-order valence-corrected chi connectivity index (χ1v) is 23.9. The number of benzene rings is 3. The number of carbonyl (C=O) groups is 6. The van der Waals surface area contributed by atoms with E-state index < -0.39 is 11.9 Å². The summed E-state index contributed by atoms with van der Waals surface area (Å²) in [4.78, 5) is 74.7. The molecule has 14 heteroatoms. The van der Waals surface area contributed by atoms with Crippen molar-refractivity contribution >= 4 is 35.8 Å². The fourth-order valence-electron chi connectivity index (χ4n) is 8.07. The molecule has 0 spiro atoms. The Labute approximate surface area is 399 Å². The molecule has 5 rings (SSSR count). The summed E-state index contributed by atoms with van der Waals surface area (Å²) in [6, 6.07) is 17.1. The Morgan fingerprint density at radius 3 is 1.00 bits per heavy atom. The number of esters is 6. The van der Waals surface area contributed by atoms with Crippen LogP contribution in [0.2, 0.25) is 0 Å². The van der Waals surface area contributed by atoms with Crippen LogP contribution in [-0.2, 0) is 38.2 Å². The highest BCUT2D eigenvalue weighted by molar-refractivity contribution is 5.82. The molecule has 0 N–H and O–H groups in total. The van der Waals surface area contributed by atoms with Crippen LogP contribution in [0.1, 0.15) is 114 Å². The van der Waals surface area contributed by atoms with Gasteiger partial charge in [0.05, 0.1) is 50.1 Å². The predicted octanol–water partition coefficient (Wildman–Crippen LogP) is 10.3. The smallest absolute Gasteiger partial charge is 0.330 e. The van der Waals surface area contributed by atoms with Crippen LogP contribution in [-0.4, -0.2) is 62.2 Å². The summed E-state index contributed by atoms with van der Waals surface area (Å²) in [5, 5.41) is 0. The summed E-state index contributed by atoms with van der Waals surface area (Å²) >= 11 is 0. The Kier molecular flexibility index (Phi) is 21.6. The maximum atomic E-state index is 13.3. The summed E-state index contributed by atoms with van der Waals surface area (Å²) in [6.45, 7) is 12.2. The van der Waals surface area contributed by atoms with Crippen LogP contribution in [0.5, 0.6) is 34.5 Å². The highest BCUT2D eigenvalue weighted by Gasteiger charge is 2.34. The Balaban J connectivity index is 0.950. The zero-order valence-electron chi connectivity index (χ0n) is 39.5. The molecule has 0 amide bonds. The third-order valence-corrected chi connectivity index (χ3v) is 12.4. The summed E-state index contributed by atoms with van der Waals surface area (Å²) in [5.74, 6) is -0.600. The van der Waals surface area contributed by atoms with Gasteiger partial charge in [0, 0.05) is 12.2 Å². The molecule has 366 valence electrons. The lowest BCUT2D eigenvalue weighted by Gasteiger charge is -2.26. The van der Waals surface area contributed by atoms with Crippen LogP contribution >= 0.6 is 0 Å². The van der Waals surface area contributed by atoms with Gasteiger partial charge in [-0.15, -0.1) is 0 Å². The first-order chi connectivity index (χ1) is 32.9. The number of hydrogen-bond acceptors (Lipinski definition) is 14. The number of carbonyl (C=O) groups excluding carboxylic acids is 6. The second-order valence-corrected chi connectivity index (χ2v) is 17.3. The number of unbranched alkanes of at least 4 members (excludes halogenated alkanes) is 6. The van der Waals surface area contributed by atoms with Gasteiger partial charge in [0.2, 0.25) is 0 Å². The summed E-state index contributed by atoms with van der Waals surface area (Å²) < 4.78 is 44.5. The maximum absolute atomic E-state index is 13.3. The van der Waals surface area contributed by atoms with Gasteiger partial charge < -0.3 is 37.9 Å². The molecule has 0 atom stereocenters.